The molecule has 0 aromatic carbocycles. The van der Waals surface area contributed by atoms with Crippen LogP contribution in [0, 0.1) is 5.92 Å². The summed E-state index contributed by atoms with van der Waals surface area (Å²) in [7, 11) is 0. The first kappa shape index (κ1) is 11.2. The van der Waals surface area contributed by atoms with Crippen LogP contribution in [-0.4, -0.2) is 7.91 Å². The van der Waals surface area contributed by atoms with Crippen LogP contribution in [0.5, 0.6) is 0 Å². The maximum atomic E-state index is 6.17. The summed E-state index contributed by atoms with van der Waals surface area (Å²) in [6.45, 7) is 4.68. The quantitative estimate of drug-likeness (QED) is 0.190. The molecule has 2 aliphatic rings. The molecule has 0 saturated carbocycles. The van der Waals surface area contributed by atoms with Crippen molar-refractivity contribution >= 4 is 0 Å². The van der Waals surface area contributed by atoms with E-state index in [2.05, 4.69) is 13.8 Å². The molecule has 2 bridgehead atoms. The molecule has 2 aliphatic heterocycles. The summed E-state index contributed by atoms with van der Waals surface area (Å²) in [5, 5.41) is 0. The molecule has 0 aromatic heterocycles. The molecule has 13 heavy (non-hydrogen) atoms. The fourth-order valence-electron chi connectivity index (χ4n) is 1.51. The molecular formula is C8H14I3N2-3. The minimum absolute atomic E-state index is 0.164. The number of allylic oxidation sites excluding steroid dienone is 2. The van der Waals surface area contributed by atoms with Gasteiger partial charge in [-0.05, 0) is 0 Å². The van der Waals surface area contributed by atoms with Gasteiger partial charge in [-0.2, -0.15) is 0 Å². The molecule has 2 rings (SSSR count). The Hall–Kier alpha value is 1.69. The molecule has 1 saturated heterocycles. The summed E-state index contributed by atoms with van der Waals surface area (Å²) in [6, 6.07) is 0. The van der Waals surface area contributed by atoms with E-state index in [1.54, 1.807) is 3.58 Å². The fraction of sp³-hybridized carbons (Fsp3) is 0.750. The van der Waals surface area contributed by atoms with Crippen molar-refractivity contribution in [2.75, 3.05) is 0 Å². The zero-order valence-electron chi connectivity index (χ0n) is 7.60. The molecule has 0 spiro atoms. The Morgan fingerprint density at radius 3 is 2.69 bits per heavy atom. The zero-order valence-corrected chi connectivity index (χ0v) is 14.1. The van der Waals surface area contributed by atoms with Gasteiger partial charge in [0.05, 0.1) is 0 Å². The van der Waals surface area contributed by atoms with E-state index in [4.69, 9.17) is 11.5 Å². The molecule has 5 heteroatoms. The summed E-state index contributed by atoms with van der Waals surface area (Å²) in [4.78, 5) is 0. The van der Waals surface area contributed by atoms with Crippen LogP contribution in [0.2, 0.25) is 0 Å². The molecule has 0 aliphatic carbocycles. The summed E-state index contributed by atoms with van der Waals surface area (Å²) >= 11 is 0.716. The van der Waals surface area contributed by atoms with Crippen LogP contribution in [0.25, 0.3) is 0 Å². The van der Waals surface area contributed by atoms with E-state index in [1.807, 2.05) is 0 Å². The van der Waals surface area contributed by atoms with Crippen LogP contribution >= 0.6 is 0 Å². The van der Waals surface area contributed by atoms with Crippen LogP contribution in [-0.2, 0) is 0 Å². The van der Waals surface area contributed by atoms with Crippen molar-refractivity contribution in [2.45, 2.75) is 21.8 Å². The van der Waals surface area contributed by atoms with E-state index in [-0.39, 0.29) is 42.4 Å². The molecule has 0 radical (unpaired) electrons. The maximum absolute atomic E-state index is 6.17. The number of nitrogens with two attached hydrogens (primary N) is 2. The van der Waals surface area contributed by atoms with Gasteiger partial charge in [0.25, 0.3) is 0 Å². The normalized spacial score (nSPS) is 47.0. The van der Waals surface area contributed by atoms with E-state index in [1.165, 1.54) is 5.70 Å². The fourth-order valence-corrected chi connectivity index (χ4v) is 24.7. The molecule has 4 atom stereocenters. The summed E-state index contributed by atoms with van der Waals surface area (Å²) in [5.41, 5.74) is 13.6. The van der Waals surface area contributed by atoms with E-state index in [0.717, 1.165) is 11.8 Å². The Morgan fingerprint density at radius 2 is 2.00 bits per heavy atom. The Balaban J connectivity index is 2.29. The number of fused-ring (bicyclic) bond motifs is 2. The number of alkyl halides is 5. The van der Waals surface area contributed by atoms with Gasteiger partial charge in [-0.25, -0.2) is 0 Å². The zero-order chi connectivity index (χ0) is 9.59. The summed E-state index contributed by atoms with van der Waals surface area (Å²) in [5.74, 6) is 0.900. The van der Waals surface area contributed by atoms with Crippen molar-refractivity contribution in [3.05, 3.63) is 9.28 Å². The van der Waals surface area contributed by atoms with Gasteiger partial charge < -0.3 is 0 Å². The predicted molar refractivity (Wildman–Crippen MR) is 41.6 cm³/mol. The third-order valence-corrected chi connectivity index (χ3v) is 18.4. The molecule has 0 aromatic rings. The van der Waals surface area contributed by atoms with Crippen molar-refractivity contribution in [3.63, 3.8) is 0 Å². The van der Waals surface area contributed by atoms with Crippen LogP contribution in [0.4, 0.5) is 0 Å². The second kappa shape index (κ2) is 4.28. The Morgan fingerprint density at radius 1 is 1.31 bits per heavy atom. The van der Waals surface area contributed by atoms with Gasteiger partial charge in [0.2, 0.25) is 0 Å². The van der Waals surface area contributed by atoms with Crippen molar-refractivity contribution in [1.82, 2.24) is 0 Å². The molecule has 1 fully saturated rings. The van der Waals surface area contributed by atoms with Gasteiger partial charge in [0, 0.05) is 0 Å². The number of halogens is 3. The van der Waals surface area contributed by atoms with Gasteiger partial charge in [0.1, 0.15) is 0 Å². The van der Waals surface area contributed by atoms with Crippen LogP contribution in [0.15, 0.2) is 9.28 Å². The van der Waals surface area contributed by atoms with E-state index < -0.39 is 0 Å². The minimum atomic E-state index is 0.164. The SMILES string of the molecule is CC1=C(N)C2[I-]C(N)[I-][C@H]([I-]1)[C@@H]2C. The predicted octanol–water partition coefficient (Wildman–Crippen LogP) is -8.96. The molecular weight excluding hydrogens is 505 g/mol. The Bertz CT molecular complexity index is 254. The van der Waals surface area contributed by atoms with Gasteiger partial charge in [-0.1, -0.05) is 0 Å². The molecule has 0 amide bonds. The third-order valence-electron chi connectivity index (χ3n) is 2.32. The Kier molecular flexibility index (Phi) is 3.68. The van der Waals surface area contributed by atoms with Crippen LogP contribution < -0.4 is 75.1 Å². The van der Waals surface area contributed by atoms with E-state index >= 15 is 0 Å². The topological polar surface area (TPSA) is 52.0 Å². The van der Waals surface area contributed by atoms with Gasteiger partial charge in [-0.15, -0.1) is 0 Å². The van der Waals surface area contributed by atoms with Crippen molar-refractivity contribution < 1.29 is 63.6 Å². The van der Waals surface area contributed by atoms with E-state index in [9.17, 15) is 0 Å². The van der Waals surface area contributed by atoms with Crippen LogP contribution in [0.3, 0.4) is 0 Å². The monoisotopic (exact) mass is 519 g/mol. The number of hydrogen-bond donors (Lipinski definition) is 2. The second-order valence-corrected chi connectivity index (χ2v) is 18.4. The second-order valence-electron chi connectivity index (χ2n) is 3.28. The first-order chi connectivity index (χ1) is 6.09. The molecule has 2 unspecified atom stereocenters. The average Bonchev–Trinajstić information content (AvgIpc) is 2.06. The Labute approximate surface area is 110 Å². The number of hydrogen-bond acceptors (Lipinski definition) is 2. The molecule has 80 valence electrons. The first-order valence-corrected chi connectivity index (χ1v) is 11.5. The van der Waals surface area contributed by atoms with Crippen molar-refractivity contribution in [2.24, 2.45) is 17.4 Å². The molecule has 2 heterocycles. The van der Waals surface area contributed by atoms with Gasteiger partial charge in [0.15, 0.2) is 0 Å². The molecule has 4 N–H and O–H groups in total. The number of rotatable bonds is 0. The van der Waals surface area contributed by atoms with Crippen LogP contribution in [0.1, 0.15) is 13.8 Å². The summed E-state index contributed by atoms with van der Waals surface area (Å²) in [6.07, 6.45) is 0. The summed E-state index contributed by atoms with van der Waals surface area (Å²) < 4.78 is 3.99. The molecule has 2 nitrogen and oxygen atoms in total. The van der Waals surface area contributed by atoms with Crippen molar-refractivity contribution in [3.8, 4) is 0 Å². The van der Waals surface area contributed by atoms with Gasteiger partial charge >= 0.3 is 112 Å². The van der Waals surface area contributed by atoms with Gasteiger partial charge in [-0.3, -0.25) is 0 Å². The third kappa shape index (κ3) is 2.12. The average molecular weight is 519 g/mol. The standard InChI is InChI=1S/C8H14I3N2/c1-3-5-6(12)4(2)9-7(3)11-8(13)10-5/h3,5,7-8H,12-13H2,1-2H3/q-3/t3-,5?,7+,8?/m1/s1. The van der Waals surface area contributed by atoms with Crippen molar-refractivity contribution in [1.29, 1.82) is 0 Å². The first-order valence-electron chi connectivity index (χ1n) is 4.18. The van der Waals surface area contributed by atoms with E-state index in [0.29, 0.717) is 23.3 Å².